The number of carbonyl (C=O) groups is 3. The van der Waals surface area contributed by atoms with Gasteiger partial charge < -0.3 is 19.7 Å². The molecule has 2 aliphatic rings. The maximum atomic E-state index is 13.9. The van der Waals surface area contributed by atoms with Gasteiger partial charge in [0.1, 0.15) is 11.8 Å². The monoisotopic (exact) mass is 515 g/mol. The smallest absolute Gasteiger partial charge is 0.421 e. The summed E-state index contributed by atoms with van der Waals surface area (Å²) in [6, 6.07) is 19.0. The van der Waals surface area contributed by atoms with Gasteiger partial charge in [-0.15, -0.1) is 0 Å². The highest BCUT2D eigenvalue weighted by Gasteiger charge is 2.38. The Morgan fingerprint density at radius 3 is 2.37 bits per heavy atom. The van der Waals surface area contributed by atoms with Crippen LogP contribution < -0.4 is 15.0 Å². The fraction of sp³-hybridized carbons (Fsp3) is 0.250. The van der Waals surface area contributed by atoms with Crippen LogP contribution in [0.3, 0.4) is 0 Å². The SMILES string of the molecule is C[C@H](OC(=O)Oc1ccc([N+](=O)[O-])cc1)C(=O)N[C@@H]1C(=O)N(CC2CC2)c2ccccc2-c2ccccc21. The lowest BCUT2D eigenvalue weighted by Gasteiger charge is -2.27. The molecule has 1 fully saturated rings. The number of nitrogens with one attached hydrogen (secondary N) is 1. The molecule has 0 aromatic heterocycles. The van der Waals surface area contributed by atoms with Crippen LogP contribution in [0, 0.1) is 16.0 Å². The summed E-state index contributed by atoms with van der Waals surface area (Å²) < 4.78 is 10.1. The normalized spacial score (nSPS) is 16.9. The van der Waals surface area contributed by atoms with Crippen molar-refractivity contribution in [3.05, 3.63) is 88.5 Å². The van der Waals surface area contributed by atoms with E-state index in [-0.39, 0.29) is 17.3 Å². The summed E-state index contributed by atoms with van der Waals surface area (Å²) in [7, 11) is 0. The number of nitro benzene ring substituents is 1. The van der Waals surface area contributed by atoms with Crippen molar-refractivity contribution in [3.63, 3.8) is 0 Å². The van der Waals surface area contributed by atoms with Crippen molar-refractivity contribution in [1.82, 2.24) is 5.32 Å². The predicted molar refractivity (Wildman–Crippen MR) is 138 cm³/mol. The molecule has 0 unspecified atom stereocenters. The molecule has 10 nitrogen and oxygen atoms in total. The molecule has 0 spiro atoms. The third kappa shape index (κ3) is 5.19. The Labute approximate surface area is 218 Å². The van der Waals surface area contributed by atoms with E-state index in [0.29, 0.717) is 18.0 Å². The van der Waals surface area contributed by atoms with Gasteiger partial charge in [0.2, 0.25) is 0 Å². The summed E-state index contributed by atoms with van der Waals surface area (Å²) in [6.07, 6.45) is -0.324. The predicted octanol–water partition coefficient (Wildman–Crippen LogP) is 4.78. The molecule has 38 heavy (non-hydrogen) atoms. The van der Waals surface area contributed by atoms with E-state index in [1.165, 1.54) is 31.2 Å². The highest BCUT2D eigenvalue weighted by molar-refractivity contribution is 6.06. The molecule has 0 radical (unpaired) electrons. The number of para-hydroxylation sites is 1. The second-order valence-corrected chi connectivity index (χ2v) is 9.30. The van der Waals surface area contributed by atoms with Gasteiger partial charge >= 0.3 is 6.16 Å². The van der Waals surface area contributed by atoms with Gasteiger partial charge in [-0.25, -0.2) is 4.79 Å². The quantitative estimate of drug-likeness (QED) is 0.208. The fourth-order valence-corrected chi connectivity index (χ4v) is 4.44. The van der Waals surface area contributed by atoms with E-state index in [2.05, 4.69) is 5.32 Å². The van der Waals surface area contributed by atoms with Gasteiger partial charge in [-0.05, 0) is 55.0 Å². The van der Waals surface area contributed by atoms with Crippen LogP contribution in [0.2, 0.25) is 0 Å². The first-order chi connectivity index (χ1) is 18.3. The summed E-state index contributed by atoms with van der Waals surface area (Å²) in [5.74, 6) is -0.491. The molecule has 10 heteroatoms. The van der Waals surface area contributed by atoms with E-state index in [0.717, 1.165) is 29.7 Å². The topological polar surface area (TPSA) is 128 Å². The van der Waals surface area contributed by atoms with E-state index in [1.807, 2.05) is 48.5 Å². The Kier molecular flexibility index (Phi) is 6.78. The minimum absolute atomic E-state index is 0.0227. The first-order valence-corrected chi connectivity index (χ1v) is 12.2. The van der Waals surface area contributed by atoms with Crippen LogP contribution in [0.25, 0.3) is 11.1 Å². The Hall–Kier alpha value is -4.73. The average molecular weight is 516 g/mol. The van der Waals surface area contributed by atoms with Crippen molar-refractivity contribution in [2.45, 2.75) is 31.9 Å². The van der Waals surface area contributed by atoms with Crippen LogP contribution in [0.4, 0.5) is 16.2 Å². The number of nitrogens with zero attached hydrogens (tertiary/aromatic N) is 2. The van der Waals surface area contributed by atoms with Gasteiger partial charge in [0.15, 0.2) is 6.10 Å². The Morgan fingerprint density at radius 2 is 1.68 bits per heavy atom. The molecule has 1 heterocycles. The van der Waals surface area contributed by atoms with Crippen molar-refractivity contribution < 1.29 is 28.8 Å². The highest BCUT2D eigenvalue weighted by Crippen LogP contribution is 2.42. The maximum absolute atomic E-state index is 13.9. The van der Waals surface area contributed by atoms with Crippen molar-refractivity contribution in [2.75, 3.05) is 11.4 Å². The summed E-state index contributed by atoms with van der Waals surface area (Å²) in [4.78, 5) is 51.2. The number of hydrogen-bond donors (Lipinski definition) is 1. The second-order valence-electron chi connectivity index (χ2n) is 9.30. The molecule has 0 saturated heterocycles. The van der Waals surface area contributed by atoms with Gasteiger partial charge in [-0.3, -0.25) is 19.7 Å². The van der Waals surface area contributed by atoms with E-state index >= 15 is 0 Å². The number of benzene rings is 3. The highest BCUT2D eigenvalue weighted by atomic mass is 16.7. The number of non-ortho nitro benzene ring substituents is 1. The number of anilines is 1. The molecule has 3 aromatic rings. The molecule has 3 aromatic carbocycles. The number of hydrogen-bond acceptors (Lipinski definition) is 7. The largest absolute Gasteiger partial charge is 0.514 e. The van der Waals surface area contributed by atoms with E-state index in [4.69, 9.17) is 9.47 Å². The van der Waals surface area contributed by atoms with Gasteiger partial charge in [0, 0.05) is 24.2 Å². The maximum Gasteiger partial charge on any atom is 0.514 e. The summed E-state index contributed by atoms with van der Waals surface area (Å²) in [5.41, 5.74) is 3.03. The van der Waals surface area contributed by atoms with Crippen LogP contribution in [0.15, 0.2) is 72.8 Å². The van der Waals surface area contributed by atoms with E-state index in [9.17, 15) is 24.5 Å². The minimum Gasteiger partial charge on any atom is -0.421 e. The molecule has 0 bridgehead atoms. The lowest BCUT2D eigenvalue weighted by Crippen LogP contribution is -2.46. The van der Waals surface area contributed by atoms with Crippen LogP contribution in [-0.2, 0) is 14.3 Å². The number of rotatable bonds is 7. The molecule has 2 atom stereocenters. The number of nitro groups is 1. The Balaban J connectivity index is 1.33. The van der Waals surface area contributed by atoms with Crippen molar-refractivity contribution in [2.24, 2.45) is 5.92 Å². The van der Waals surface area contributed by atoms with E-state index in [1.54, 1.807) is 4.90 Å². The third-order valence-corrected chi connectivity index (χ3v) is 6.59. The van der Waals surface area contributed by atoms with Crippen molar-refractivity contribution in [1.29, 1.82) is 0 Å². The summed E-state index contributed by atoms with van der Waals surface area (Å²) in [5, 5.41) is 13.6. The fourth-order valence-electron chi connectivity index (χ4n) is 4.44. The zero-order chi connectivity index (χ0) is 26.8. The molecule has 1 aliphatic carbocycles. The van der Waals surface area contributed by atoms with Crippen LogP contribution in [0.1, 0.15) is 31.4 Å². The number of fused-ring (bicyclic) bond motifs is 3. The van der Waals surface area contributed by atoms with Crippen LogP contribution in [0.5, 0.6) is 5.75 Å². The molecule has 194 valence electrons. The number of carbonyl (C=O) groups excluding carboxylic acids is 3. The third-order valence-electron chi connectivity index (χ3n) is 6.59. The molecule has 2 amide bonds. The van der Waals surface area contributed by atoms with Gasteiger partial charge in [-0.1, -0.05) is 42.5 Å². The minimum atomic E-state index is -1.27. The van der Waals surface area contributed by atoms with Gasteiger partial charge in [0.05, 0.1) is 10.6 Å². The number of amides is 2. The Morgan fingerprint density at radius 1 is 1.03 bits per heavy atom. The first kappa shape index (κ1) is 24.9. The summed E-state index contributed by atoms with van der Waals surface area (Å²) >= 11 is 0. The molecule has 5 rings (SSSR count). The standard InChI is InChI=1S/C28H25N3O7/c1-17(37-28(34)38-20-14-12-19(13-15-20)31(35)36)26(32)29-25-23-8-3-2-6-21(23)22-7-4-5-9-24(22)30(27(25)33)16-18-10-11-18/h2-9,12-15,17-18,25H,10-11,16H2,1H3,(H,29,32)/t17-,25-/m0/s1. The Bertz CT molecular complexity index is 1400. The van der Waals surface area contributed by atoms with Crippen LogP contribution in [-0.4, -0.2) is 35.5 Å². The molecule has 1 aliphatic heterocycles. The zero-order valence-corrected chi connectivity index (χ0v) is 20.5. The second kappa shape index (κ2) is 10.3. The first-order valence-electron chi connectivity index (χ1n) is 12.2. The average Bonchev–Trinajstić information content (AvgIpc) is 3.75. The van der Waals surface area contributed by atoms with Gasteiger partial charge in [0.25, 0.3) is 17.5 Å². The molecular formula is C28H25N3O7. The molecule has 1 N–H and O–H groups in total. The lowest BCUT2D eigenvalue weighted by molar-refractivity contribution is -0.384. The van der Waals surface area contributed by atoms with E-state index < -0.39 is 29.1 Å². The number of ether oxygens (including phenoxy) is 2. The molecule has 1 saturated carbocycles. The van der Waals surface area contributed by atoms with Crippen molar-refractivity contribution >= 4 is 29.3 Å². The van der Waals surface area contributed by atoms with Crippen LogP contribution >= 0.6 is 0 Å². The lowest BCUT2D eigenvalue weighted by atomic mass is 9.95. The molecular weight excluding hydrogens is 490 g/mol. The van der Waals surface area contributed by atoms with Crippen molar-refractivity contribution in [3.8, 4) is 16.9 Å². The van der Waals surface area contributed by atoms with Gasteiger partial charge in [-0.2, -0.15) is 0 Å². The zero-order valence-electron chi connectivity index (χ0n) is 20.5. The summed E-state index contributed by atoms with van der Waals surface area (Å²) in [6.45, 7) is 1.93.